The fourth-order valence-electron chi connectivity index (χ4n) is 4.28. The van der Waals surface area contributed by atoms with Crippen LogP contribution in [-0.4, -0.2) is 46.7 Å². The Labute approximate surface area is 169 Å². The van der Waals surface area contributed by atoms with Crippen LogP contribution in [0.5, 0.6) is 0 Å². The van der Waals surface area contributed by atoms with Crippen molar-refractivity contribution < 1.29 is 18.7 Å². The fraction of sp³-hybridized carbons (Fsp3) is 0.500. The number of piperidine rings is 1. The van der Waals surface area contributed by atoms with E-state index in [1.165, 1.54) is 25.1 Å². The maximum absolute atomic E-state index is 14.2. The molecule has 0 radical (unpaired) electrons. The van der Waals surface area contributed by atoms with Crippen molar-refractivity contribution in [1.82, 2.24) is 15.1 Å². The Morgan fingerprint density at radius 3 is 2.66 bits per heavy atom. The van der Waals surface area contributed by atoms with E-state index < -0.39 is 11.2 Å². The molecular weight excluding hydrogens is 373 g/mol. The van der Waals surface area contributed by atoms with E-state index in [0.29, 0.717) is 55.3 Å². The lowest BCUT2D eigenvalue weighted by atomic mass is 9.74. The highest BCUT2D eigenvalue weighted by Gasteiger charge is 2.46. The molecule has 154 valence electrons. The van der Waals surface area contributed by atoms with Crippen LogP contribution in [0.3, 0.4) is 0 Å². The first-order chi connectivity index (χ1) is 14.0. The van der Waals surface area contributed by atoms with Gasteiger partial charge in [-0.1, -0.05) is 25.0 Å². The van der Waals surface area contributed by atoms with Crippen LogP contribution in [0.2, 0.25) is 0 Å². The molecule has 1 saturated heterocycles. The number of rotatable bonds is 6. The molecule has 0 unspecified atom stereocenters. The Hall–Kier alpha value is -2.70. The lowest BCUT2D eigenvalue weighted by molar-refractivity contribution is -0.159. The van der Waals surface area contributed by atoms with Crippen LogP contribution in [0.25, 0.3) is 11.3 Å². The summed E-state index contributed by atoms with van der Waals surface area (Å²) in [5.41, 5.74) is 0.563. The van der Waals surface area contributed by atoms with Gasteiger partial charge in [0.2, 0.25) is 0 Å². The number of esters is 1. The average molecular weight is 399 g/mol. The second-order valence-corrected chi connectivity index (χ2v) is 8.08. The second kappa shape index (κ2) is 7.97. The number of benzene rings is 1. The van der Waals surface area contributed by atoms with Gasteiger partial charge in [-0.15, -0.1) is 0 Å². The van der Waals surface area contributed by atoms with Crippen LogP contribution < -0.4 is 0 Å². The average Bonchev–Trinajstić information content (AvgIpc) is 3.40. The van der Waals surface area contributed by atoms with Crippen LogP contribution in [0.4, 0.5) is 4.39 Å². The standard InChI is InChI=1S/C22H26FN3O3/c1-2-29-21(28)22(13-15-7-8-15)9-11-26(12-10-22)20(27)17-14-24-25-19(17)16-5-3-4-6-18(16)23/h3-6,14-15H,2,7-13H2,1H3,(H,24,25). The Morgan fingerprint density at radius 1 is 1.28 bits per heavy atom. The molecule has 7 heteroatoms. The first kappa shape index (κ1) is 19.6. The van der Waals surface area contributed by atoms with Gasteiger partial charge in [0.25, 0.3) is 5.91 Å². The summed E-state index contributed by atoms with van der Waals surface area (Å²) in [6.07, 6.45) is 5.83. The molecule has 0 bridgehead atoms. The monoisotopic (exact) mass is 399 g/mol. The number of nitrogens with zero attached hydrogens (tertiary/aromatic N) is 2. The molecule has 2 aromatic rings. The number of halogens is 1. The molecule has 1 aliphatic heterocycles. The normalized spacial score (nSPS) is 18.5. The van der Waals surface area contributed by atoms with Gasteiger partial charge in [-0.25, -0.2) is 4.39 Å². The molecule has 29 heavy (non-hydrogen) atoms. The number of aromatic nitrogens is 2. The first-order valence-electron chi connectivity index (χ1n) is 10.3. The van der Waals surface area contributed by atoms with Crippen molar-refractivity contribution in [1.29, 1.82) is 0 Å². The minimum absolute atomic E-state index is 0.130. The maximum Gasteiger partial charge on any atom is 0.312 e. The van der Waals surface area contributed by atoms with E-state index in [4.69, 9.17) is 4.74 Å². The summed E-state index contributed by atoms with van der Waals surface area (Å²) in [6.45, 7) is 3.15. The van der Waals surface area contributed by atoms with Crippen LogP contribution in [0.15, 0.2) is 30.5 Å². The maximum atomic E-state index is 14.2. The number of carbonyl (C=O) groups excluding carboxylic acids is 2. The number of hydrogen-bond donors (Lipinski definition) is 1. The predicted molar refractivity (Wildman–Crippen MR) is 106 cm³/mol. The molecule has 0 spiro atoms. The Balaban J connectivity index is 1.50. The third kappa shape index (κ3) is 3.91. The summed E-state index contributed by atoms with van der Waals surface area (Å²) in [5.74, 6) is -0.131. The summed E-state index contributed by atoms with van der Waals surface area (Å²) in [6, 6.07) is 6.31. The largest absolute Gasteiger partial charge is 0.466 e. The molecule has 1 amide bonds. The van der Waals surface area contributed by atoms with Gasteiger partial charge in [0.15, 0.2) is 0 Å². The Kier molecular flexibility index (Phi) is 5.39. The molecule has 1 saturated carbocycles. The Morgan fingerprint density at radius 2 is 2.00 bits per heavy atom. The minimum Gasteiger partial charge on any atom is -0.466 e. The second-order valence-electron chi connectivity index (χ2n) is 8.08. The zero-order chi connectivity index (χ0) is 20.4. The van der Waals surface area contributed by atoms with Gasteiger partial charge in [-0.05, 0) is 44.2 Å². The molecular formula is C22H26FN3O3. The predicted octanol–water partition coefficient (Wildman–Crippen LogP) is 3.80. The van der Waals surface area contributed by atoms with Crippen LogP contribution in [0, 0.1) is 17.2 Å². The molecule has 2 aliphatic rings. The van der Waals surface area contributed by atoms with Gasteiger partial charge >= 0.3 is 5.97 Å². The first-order valence-corrected chi connectivity index (χ1v) is 10.3. The smallest absolute Gasteiger partial charge is 0.312 e. The highest BCUT2D eigenvalue weighted by molar-refractivity contribution is 6.00. The molecule has 6 nitrogen and oxygen atoms in total. The summed E-state index contributed by atoms with van der Waals surface area (Å²) in [7, 11) is 0. The van der Waals surface area contributed by atoms with Crippen LogP contribution in [0.1, 0.15) is 49.4 Å². The number of carbonyl (C=O) groups is 2. The van der Waals surface area contributed by atoms with Gasteiger partial charge in [-0.3, -0.25) is 14.7 Å². The van der Waals surface area contributed by atoms with E-state index in [0.717, 1.165) is 6.42 Å². The van der Waals surface area contributed by atoms with Crippen molar-refractivity contribution in [3.8, 4) is 11.3 Å². The lowest BCUT2D eigenvalue weighted by Crippen LogP contribution is -2.47. The van der Waals surface area contributed by atoms with Gasteiger partial charge in [-0.2, -0.15) is 5.10 Å². The van der Waals surface area contributed by atoms with Gasteiger partial charge < -0.3 is 9.64 Å². The molecule has 2 fully saturated rings. The van der Waals surface area contributed by atoms with Gasteiger partial charge in [0.1, 0.15) is 5.82 Å². The number of ether oxygens (including phenoxy) is 1. The molecule has 1 aliphatic carbocycles. The highest BCUT2D eigenvalue weighted by Crippen LogP contribution is 2.46. The topological polar surface area (TPSA) is 75.3 Å². The lowest BCUT2D eigenvalue weighted by Gasteiger charge is -2.40. The third-order valence-corrected chi connectivity index (χ3v) is 6.11. The zero-order valence-corrected chi connectivity index (χ0v) is 16.6. The van der Waals surface area contributed by atoms with E-state index in [2.05, 4.69) is 10.2 Å². The summed E-state index contributed by atoms with van der Waals surface area (Å²) >= 11 is 0. The molecule has 0 atom stereocenters. The van der Waals surface area contributed by atoms with Crippen molar-refractivity contribution in [3.63, 3.8) is 0 Å². The zero-order valence-electron chi connectivity index (χ0n) is 16.6. The van der Waals surface area contributed by atoms with Crippen molar-refractivity contribution in [2.45, 2.75) is 39.0 Å². The number of H-pyrrole nitrogens is 1. The number of amides is 1. The number of likely N-dealkylation sites (tertiary alicyclic amines) is 1. The van der Waals surface area contributed by atoms with Crippen molar-refractivity contribution in [3.05, 3.63) is 41.8 Å². The van der Waals surface area contributed by atoms with E-state index in [-0.39, 0.29) is 11.9 Å². The molecule has 1 aromatic heterocycles. The number of nitrogens with one attached hydrogen (secondary N) is 1. The van der Waals surface area contributed by atoms with E-state index in [1.54, 1.807) is 23.1 Å². The van der Waals surface area contributed by atoms with E-state index in [9.17, 15) is 14.0 Å². The molecule has 4 rings (SSSR count). The van der Waals surface area contributed by atoms with Crippen molar-refractivity contribution in [2.24, 2.45) is 11.3 Å². The summed E-state index contributed by atoms with van der Waals surface area (Å²) in [5, 5.41) is 6.73. The van der Waals surface area contributed by atoms with E-state index in [1.807, 2.05) is 6.92 Å². The van der Waals surface area contributed by atoms with E-state index >= 15 is 0 Å². The van der Waals surface area contributed by atoms with Crippen molar-refractivity contribution in [2.75, 3.05) is 19.7 Å². The van der Waals surface area contributed by atoms with Crippen LogP contribution in [-0.2, 0) is 9.53 Å². The highest BCUT2D eigenvalue weighted by atomic mass is 19.1. The van der Waals surface area contributed by atoms with Gasteiger partial charge in [0, 0.05) is 18.7 Å². The summed E-state index contributed by atoms with van der Waals surface area (Å²) < 4.78 is 19.6. The van der Waals surface area contributed by atoms with Gasteiger partial charge in [0.05, 0.1) is 29.5 Å². The molecule has 2 heterocycles. The minimum atomic E-state index is -0.487. The fourth-order valence-corrected chi connectivity index (χ4v) is 4.28. The number of hydrogen-bond acceptors (Lipinski definition) is 4. The molecule has 1 N–H and O–H groups in total. The Bertz CT molecular complexity index is 898. The molecule has 1 aromatic carbocycles. The third-order valence-electron chi connectivity index (χ3n) is 6.11. The SMILES string of the molecule is CCOC(=O)C1(CC2CC2)CCN(C(=O)c2cn[nH]c2-c2ccccc2F)CC1. The van der Waals surface area contributed by atoms with Crippen molar-refractivity contribution >= 4 is 11.9 Å². The van der Waals surface area contributed by atoms with Crippen LogP contribution >= 0.6 is 0 Å². The summed E-state index contributed by atoms with van der Waals surface area (Å²) in [4.78, 5) is 27.6. The number of aromatic amines is 1. The quantitative estimate of drug-likeness (QED) is 0.750.